The number of amides is 1. The van der Waals surface area contributed by atoms with Crippen LogP contribution >= 0.6 is 0 Å². The van der Waals surface area contributed by atoms with Gasteiger partial charge in [0.2, 0.25) is 0 Å². The zero-order valence-corrected chi connectivity index (χ0v) is 17.4. The van der Waals surface area contributed by atoms with E-state index in [1.165, 1.54) is 6.07 Å². The highest BCUT2D eigenvalue weighted by molar-refractivity contribution is 5.94. The van der Waals surface area contributed by atoms with Crippen LogP contribution in [-0.4, -0.2) is 60.0 Å². The van der Waals surface area contributed by atoms with Crippen molar-refractivity contribution in [2.75, 3.05) is 44.2 Å². The van der Waals surface area contributed by atoms with Gasteiger partial charge in [0.15, 0.2) is 0 Å². The zero-order valence-electron chi connectivity index (χ0n) is 17.4. The SMILES string of the molecule is O=C(c1ccc(CN2CCCN(c3ccc(C(F)(F)F)cn3)CC2)cc1)N1CCCC1. The second-order valence-electron chi connectivity index (χ2n) is 8.22. The van der Waals surface area contributed by atoms with E-state index in [2.05, 4.69) is 9.88 Å². The maximum absolute atomic E-state index is 12.8. The van der Waals surface area contributed by atoms with E-state index in [4.69, 9.17) is 0 Å². The van der Waals surface area contributed by atoms with Crippen molar-refractivity contribution in [3.05, 3.63) is 59.3 Å². The molecule has 3 heterocycles. The summed E-state index contributed by atoms with van der Waals surface area (Å²) in [4.78, 5) is 22.8. The fourth-order valence-corrected chi connectivity index (χ4v) is 4.21. The minimum Gasteiger partial charge on any atom is -0.355 e. The van der Waals surface area contributed by atoms with Crippen molar-refractivity contribution < 1.29 is 18.0 Å². The molecule has 0 N–H and O–H groups in total. The third-order valence-electron chi connectivity index (χ3n) is 5.99. The molecule has 8 heteroatoms. The predicted molar refractivity (Wildman–Crippen MR) is 113 cm³/mol. The van der Waals surface area contributed by atoms with Crippen LogP contribution in [-0.2, 0) is 12.7 Å². The van der Waals surface area contributed by atoms with Crippen molar-refractivity contribution in [1.29, 1.82) is 0 Å². The van der Waals surface area contributed by atoms with Crippen LogP contribution in [0.1, 0.15) is 40.7 Å². The molecule has 2 aliphatic rings. The van der Waals surface area contributed by atoms with Gasteiger partial charge in [-0.1, -0.05) is 12.1 Å². The van der Waals surface area contributed by atoms with Crippen LogP contribution in [0.3, 0.4) is 0 Å². The van der Waals surface area contributed by atoms with Gasteiger partial charge >= 0.3 is 6.18 Å². The molecule has 2 fully saturated rings. The minimum atomic E-state index is -4.37. The number of likely N-dealkylation sites (tertiary alicyclic amines) is 1. The molecule has 2 aromatic rings. The maximum Gasteiger partial charge on any atom is 0.417 e. The summed E-state index contributed by atoms with van der Waals surface area (Å²) in [5, 5.41) is 0. The normalized spacial score (nSPS) is 18.3. The second kappa shape index (κ2) is 9.26. The van der Waals surface area contributed by atoms with Crippen LogP contribution < -0.4 is 4.90 Å². The lowest BCUT2D eigenvalue weighted by atomic mass is 10.1. The molecule has 5 nitrogen and oxygen atoms in total. The Balaban J connectivity index is 1.32. The van der Waals surface area contributed by atoms with Crippen LogP contribution in [0.25, 0.3) is 0 Å². The first kappa shape index (κ1) is 21.6. The maximum atomic E-state index is 12.8. The molecule has 2 aliphatic heterocycles. The standard InChI is InChI=1S/C23H27F3N4O/c24-23(25,26)20-8-9-21(27-16-20)29-13-3-10-28(14-15-29)17-18-4-6-19(7-5-18)22(31)30-11-1-2-12-30/h4-9,16H,1-3,10-15,17H2. The molecule has 0 bridgehead atoms. The van der Waals surface area contributed by atoms with Crippen molar-refractivity contribution in [3.63, 3.8) is 0 Å². The van der Waals surface area contributed by atoms with Crippen LogP contribution in [0.15, 0.2) is 42.6 Å². The average molecular weight is 432 g/mol. The van der Waals surface area contributed by atoms with E-state index < -0.39 is 11.7 Å². The smallest absolute Gasteiger partial charge is 0.355 e. The molecule has 0 spiro atoms. The van der Waals surface area contributed by atoms with E-state index in [-0.39, 0.29) is 5.91 Å². The van der Waals surface area contributed by atoms with Crippen LogP contribution in [0.2, 0.25) is 0 Å². The number of hydrogen-bond donors (Lipinski definition) is 0. The van der Waals surface area contributed by atoms with E-state index in [9.17, 15) is 18.0 Å². The molecule has 31 heavy (non-hydrogen) atoms. The summed E-state index contributed by atoms with van der Waals surface area (Å²) in [6.45, 7) is 5.66. The molecule has 1 amide bonds. The summed E-state index contributed by atoms with van der Waals surface area (Å²) in [5.74, 6) is 0.693. The number of nitrogens with zero attached hydrogens (tertiary/aromatic N) is 4. The fraction of sp³-hybridized carbons (Fsp3) is 0.478. The monoisotopic (exact) mass is 432 g/mol. The Morgan fingerprint density at radius 3 is 2.26 bits per heavy atom. The summed E-state index contributed by atoms with van der Waals surface area (Å²) < 4.78 is 38.3. The number of halogens is 3. The highest BCUT2D eigenvalue weighted by Crippen LogP contribution is 2.29. The van der Waals surface area contributed by atoms with Crippen molar-refractivity contribution in [1.82, 2.24) is 14.8 Å². The zero-order chi connectivity index (χ0) is 21.8. The van der Waals surface area contributed by atoms with Crippen molar-refractivity contribution in [2.45, 2.75) is 32.0 Å². The Hall–Kier alpha value is -2.61. The van der Waals surface area contributed by atoms with E-state index in [1.54, 1.807) is 0 Å². The van der Waals surface area contributed by atoms with Crippen molar-refractivity contribution in [2.24, 2.45) is 0 Å². The Kier molecular flexibility index (Phi) is 6.46. The van der Waals surface area contributed by atoms with Gasteiger partial charge in [-0.2, -0.15) is 13.2 Å². The van der Waals surface area contributed by atoms with Gasteiger partial charge in [-0.05, 0) is 49.1 Å². The lowest BCUT2D eigenvalue weighted by molar-refractivity contribution is -0.137. The van der Waals surface area contributed by atoms with Gasteiger partial charge in [0, 0.05) is 57.6 Å². The number of carbonyl (C=O) groups excluding carboxylic acids is 1. The summed E-state index contributed by atoms with van der Waals surface area (Å²) in [5.41, 5.74) is 1.17. The van der Waals surface area contributed by atoms with Crippen LogP contribution in [0, 0.1) is 0 Å². The van der Waals surface area contributed by atoms with Crippen molar-refractivity contribution in [3.8, 4) is 0 Å². The molecular formula is C23H27F3N4O. The number of benzene rings is 1. The third kappa shape index (κ3) is 5.36. The Morgan fingerprint density at radius 2 is 1.61 bits per heavy atom. The van der Waals surface area contributed by atoms with Gasteiger partial charge in [0.1, 0.15) is 5.82 Å². The van der Waals surface area contributed by atoms with Crippen LogP contribution in [0.5, 0.6) is 0 Å². The number of hydrogen-bond acceptors (Lipinski definition) is 4. The number of aromatic nitrogens is 1. The largest absolute Gasteiger partial charge is 0.417 e. The van der Waals surface area contributed by atoms with E-state index in [0.717, 1.165) is 81.9 Å². The topological polar surface area (TPSA) is 39.7 Å². The molecule has 0 unspecified atom stereocenters. The minimum absolute atomic E-state index is 0.110. The highest BCUT2D eigenvalue weighted by Gasteiger charge is 2.31. The molecule has 166 valence electrons. The molecule has 0 atom stereocenters. The molecule has 0 aliphatic carbocycles. The first-order valence-corrected chi connectivity index (χ1v) is 10.8. The quantitative estimate of drug-likeness (QED) is 0.731. The third-order valence-corrected chi connectivity index (χ3v) is 5.99. The summed E-state index contributed by atoms with van der Waals surface area (Å²) in [6.07, 6.45) is -0.386. The van der Waals surface area contributed by atoms with Gasteiger partial charge in [-0.25, -0.2) is 4.98 Å². The molecule has 0 radical (unpaired) electrons. The molecule has 2 saturated heterocycles. The van der Waals surface area contributed by atoms with Crippen molar-refractivity contribution >= 4 is 11.7 Å². The molecule has 1 aromatic carbocycles. The van der Waals surface area contributed by atoms with Crippen LogP contribution in [0.4, 0.5) is 19.0 Å². The number of pyridine rings is 1. The lowest BCUT2D eigenvalue weighted by Gasteiger charge is -2.23. The Bertz CT molecular complexity index is 877. The summed E-state index contributed by atoms with van der Waals surface area (Å²) in [6, 6.07) is 10.4. The van der Waals surface area contributed by atoms with E-state index in [0.29, 0.717) is 12.4 Å². The fourth-order valence-electron chi connectivity index (χ4n) is 4.21. The van der Waals surface area contributed by atoms with Gasteiger partial charge in [0.05, 0.1) is 5.56 Å². The second-order valence-corrected chi connectivity index (χ2v) is 8.22. The summed E-state index contributed by atoms with van der Waals surface area (Å²) >= 11 is 0. The molecule has 0 saturated carbocycles. The number of anilines is 1. The average Bonchev–Trinajstić information content (AvgIpc) is 3.20. The predicted octanol–water partition coefficient (Wildman–Crippen LogP) is 4.05. The molecular weight excluding hydrogens is 405 g/mol. The molecule has 4 rings (SSSR count). The van der Waals surface area contributed by atoms with E-state index in [1.807, 2.05) is 34.1 Å². The lowest BCUT2D eigenvalue weighted by Crippen LogP contribution is -2.31. The van der Waals surface area contributed by atoms with E-state index >= 15 is 0 Å². The number of rotatable bonds is 4. The highest BCUT2D eigenvalue weighted by atomic mass is 19.4. The Morgan fingerprint density at radius 1 is 0.871 bits per heavy atom. The Labute approximate surface area is 180 Å². The van der Waals surface area contributed by atoms with Gasteiger partial charge < -0.3 is 9.80 Å². The first-order valence-electron chi connectivity index (χ1n) is 10.8. The number of carbonyl (C=O) groups is 1. The van der Waals surface area contributed by atoms with Gasteiger partial charge in [-0.15, -0.1) is 0 Å². The van der Waals surface area contributed by atoms with Gasteiger partial charge in [-0.3, -0.25) is 9.69 Å². The number of alkyl halides is 3. The molecule has 1 aromatic heterocycles. The summed E-state index contributed by atoms with van der Waals surface area (Å²) in [7, 11) is 0. The van der Waals surface area contributed by atoms with Gasteiger partial charge in [0.25, 0.3) is 5.91 Å². The first-order chi connectivity index (χ1) is 14.9.